The number of aromatic nitrogens is 3. The molecule has 2 amide bonds. The molecule has 4 rings (SSSR count). The van der Waals surface area contributed by atoms with E-state index in [1.165, 1.54) is 22.8 Å². The van der Waals surface area contributed by atoms with Crippen LogP contribution in [0.15, 0.2) is 60.7 Å². The number of benzene rings is 3. The lowest BCUT2D eigenvalue weighted by Crippen LogP contribution is -2.50. The van der Waals surface area contributed by atoms with Crippen molar-refractivity contribution in [3.63, 3.8) is 0 Å². The summed E-state index contributed by atoms with van der Waals surface area (Å²) in [5.74, 6) is -0.534. The molecule has 1 atom stereocenters. The summed E-state index contributed by atoms with van der Waals surface area (Å²) >= 11 is 0. The van der Waals surface area contributed by atoms with Crippen molar-refractivity contribution in [1.82, 2.24) is 20.3 Å². The van der Waals surface area contributed by atoms with Gasteiger partial charge in [-0.3, -0.25) is 14.5 Å². The Morgan fingerprint density at radius 3 is 2.50 bits per heavy atom. The number of para-hydroxylation sites is 1. The number of hydrogen-bond donors (Lipinski definition) is 1. The monoisotopic (exact) mass is 547 g/mol. The van der Waals surface area contributed by atoms with Crippen LogP contribution in [0.5, 0.6) is 11.5 Å². The zero-order valence-electron chi connectivity index (χ0n) is 23.6. The van der Waals surface area contributed by atoms with Crippen LogP contribution < -0.4 is 19.7 Å². The first-order valence-electron chi connectivity index (χ1n) is 13.0. The molecule has 1 heterocycles. The Hall–Kier alpha value is -4.47. The van der Waals surface area contributed by atoms with E-state index in [0.29, 0.717) is 40.3 Å². The van der Waals surface area contributed by atoms with Gasteiger partial charge in [0.1, 0.15) is 23.9 Å². The molecule has 9 nitrogen and oxygen atoms in total. The maximum atomic E-state index is 14.9. The average Bonchev–Trinajstić information content (AvgIpc) is 3.31. The number of nitrogens with zero attached hydrogens (tertiary/aromatic N) is 4. The van der Waals surface area contributed by atoms with Crippen LogP contribution in [0, 0.1) is 12.7 Å². The van der Waals surface area contributed by atoms with Crippen molar-refractivity contribution in [2.45, 2.75) is 52.7 Å². The third kappa shape index (κ3) is 6.22. The van der Waals surface area contributed by atoms with Crippen LogP contribution in [0.1, 0.15) is 44.9 Å². The lowest BCUT2D eigenvalue weighted by Gasteiger charge is -2.34. The van der Waals surface area contributed by atoms with Crippen LogP contribution in [-0.4, -0.2) is 46.1 Å². The minimum atomic E-state index is -1.17. The predicted octanol–water partition coefficient (Wildman–Crippen LogP) is 4.98. The number of carbonyl (C=O) groups is 2. The zero-order chi connectivity index (χ0) is 29.0. The van der Waals surface area contributed by atoms with E-state index in [1.807, 2.05) is 39.8 Å². The van der Waals surface area contributed by atoms with Crippen LogP contribution in [-0.2, 0) is 16.1 Å². The number of nitrogens with one attached hydrogen (secondary N) is 1. The first-order valence-corrected chi connectivity index (χ1v) is 13.0. The fraction of sp³-hybridized carbons (Fsp3) is 0.333. The smallest absolute Gasteiger partial charge is 0.249 e. The molecule has 1 N–H and O–H groups in total. The Kier molecular flexibility index (Phi) is 8.37. The molecule has 0 radical (unpaired) electrons. The van der Waals surface area contributed by atoms with Gasteiger partial charge in [0, 0.05) is 11.2 Å². The van der Waals surface area contributed by atoms with Gasteiger partial charge in [0.15, 0.2) is 11.5 Å². The number of carbonyl (C=O) groups excluding carboxylic acids is 2. The van der Waals surface area contributed by atoms with Crippen molar-refractivity contribution in [2.24, 2.45) is 0 Å². The molecule has 4 aromatic rings. The van der Waals surface area contributed by atoms with E-state index in [0.717, 1.165) is 0 Å². The number of fused-ring (bicyclic) bond motifs is 1. The molecule has 0 aliphatic carbocycles. The highest BCUT2D eigenvalue weighted by atomic mass is 19.1. The predicted molar refractivity (Wildman–Crippen MR) is 151 cm³/mol. The lowest BCUT2D eigenvalue weighted by atomic mass is 9.99. The standard InChI is InChI=1S/C30H34FN5O4/c1-7-40-25-15-13-20(16-26(25)39-6)28(29(38)32-30(3,4)5)36(21-14-12-19(2)22(31)17-21)27(37)18-35-24-11-9-8-10-23(24)33-34-35/h8-17,28H,7,18H2,1-6H3,(H,32,38)/t28-/m0/s1. The Labute approximate surface area is 232 Å². The van der Waals surface area contributed by atoms with E-state index >= 15 is 0 Å². The summed E-state index contributed by atoms with van der Waals surface area (Å²) < 4.78 is 27.5. The Morgan fingerprint density at radius 2 is 1.82 bits per heavy atom. The van der Waals surface area contributed by atoms with E-state index in [2.05, 4.69) is 15.6 Å². The lowest BCUT2D eigenvalue weighted by molar-refractivity contribution is -0.128. The van der Waals surface area contributed by atoms with Crippen LogP contribution in [0.25, 0.3) is 11.0 Å². The fourth-order valence-corrected chi connectivity index (χ4v) is 4.39. The molecular formula is C30H34FN5O4. The van der Waals surface area contributed by atoms with Gasteiger partial charge in [-0.15, -0.1) is 5.10 Å². The van der Waals surface area contributed by atoms with Crippen LogP contribution in [0.4, 0.5) is 10.1 Å². The highest BCUT2D eigenvalue weighted by Gasteiger charge is 2.35. The fourth-order valence-electron chi connectivity index (χ4n) is 4.39. The molecule has 10 heteroatoms. The van der Waals surface area contributed by atoms with E-state index in [-0.39, 0.29) is 12.2 Å². The highest BCUT2D eigenvalue weighted by Crippen LogP contribution is 2.35. The molecule has 0 saturated carbocycles. The molecule has 0 fully saturated rings. The number of aryl methyl sites for hydroxylation is 1. The Bertz CT molecular complexity index is 1530. The largest absolute Gasteiger partial charge is 0.493 e. The minimum absolute atomic E-state index is 0.222. The molecule has 0 unspecified atom stereocenters. The first kappa shape index (κ1) is 28.5. The van der Waals surface area contributed by atoms with E-state index in [1.54, 1.807) is 49.4 Å². The molecule has 0 aliphatic rings. The molecule has 0 saturated heterocycles. The summed E-state index contributed by atoms with van der Waals surface area (Å²) in [5.41, 5.74) is 1.77. The number of rotatable bonds is 9. The Balaban J connectivity index is 1.88. The topological polar surface area (TPSA) is 98.6 Å². The quantitative estimate of drug-likeness (QED) is 0.318. The molecule has 0 aliphatic heterocycles. The Morgan fingerprint density at radius 1 is 1.07 bits per heavy atom. The molecule has 1 aromatic heterocycles. The number of halogens is 1. The van der Waals surface area contributed by atoms with Crippen molar-refractivity contribution in [3.8, 4) is 11.5 Å². The normalized spacial score (nSPS) is 12.2. The van der Waals surface area contributed by atoms with Crippen molar-refractivity contribution in [2.75, 3.05) is 18.6 Å². The maximum absolute atomic E-state index is 14.9. The molecule has 0 spiro atoms. The van der Waals surface area contributed by atoms with Gasteiger partial charge in [0.2, 0.25) is 11.8 Å². The van der Waals surface area contributed by atoms with Gasteiger partial charge in [0.25, 0.3) is 0 Å². The number of anilines is 1. The highest BCUT2D eigenvalue weighted by molar-refractivity contribution is 6.01. The summed E-state index contributed by atoms with van der Waals surface area (Å²) in [6.45, 7) is 9.22. The van der Waals surface area contributed by atoms with Crippen molar-refractivity contribution in [3.05, 3.63) is 77.6 Å². The van der Waals surface area contributed by atoms with Gasteiger partial charge in [-0.1, -0.05) is 29.5 Å². The van der Waals surface area contributed by atoms with E-state index in [4.69, 9.17) is 9.47 Å². The second-order valence-electron chi connectivity index (χ2n) is 10.4. The van der Waals surface area contributed by atoms with E-state index in [9.17, 15) is 14.0 Å². The van der Waals surface area contributed by atoms with Crippen molar-refractivity contribution < 1.29 is 23.5 Å². The SMILES string of the molecule is CCOc1ccc([C@@H](C(=O)NC(C)(C)C)N(C(=O)Cn2nnc3ccccc32)c2ccc(C)c(F)c2)cc1OC. The van der Waals surface area contributed by atoms with Gasteiger partial charge < -0.3 is 14.8 Å². The van der Waals surface area contributed by atoms with Crippen LogP contribution >= 0.6 is 0 Å². The number of ether oxygens (including phenoxy) is 2. The van der Waals surface area contributed by atoms with Crippen molar-refractivity contribution in [1.29, 1.82) is 0 Å². The third-order valence-corrected chi connectivity index (χ3v) is 6.22. The molecule has 40 heavy (non-hydrogen) atoms. The summed E-state index contributed by atoms with van der Waals surface area (Å²) in [6.07, 6.45) is 0. The average molecular weight is 548 g/mol. The van der Waals surface area contributed by atoms with Gasteiger partial charge >= 0.3 is 0 Å². The minimum Gasteiger partial charge on any atom is -0.493 e. The summed E-state index contributed by atoms with van der Waals surface area (Å²) in [4.78, 5) is 29.4. The summed E-state index contributed by atoms with van der Waals surface area (Å²) in [6, 6.07) is 15.6. The van der Waals surface area contributed by atoms with Crippen molar-refractivity contribution >= 4 is 28.5 Å². The second kappa shape index (κ2) is 11.7. The second-order valence-corrected chi connectivity index (χ2v) is 10.4. The molecule has 0 bridgehead atoms. The van der Waals surface area contributed by atoms with E-state index < -0.39 is 29.2 Å². The number of hydrogen-bond acceptors (Lipinski definition) is 6. The summed E-state index contributed by atoms with van der Waals surface area (Å²) in [5, 5.41) is 11.3. The summed E-state index contributed by atoms with van der Waals surface area (Å²) in [7, 11) is 1.50. The molecule has 210 valence electrons. The van der Waals surface area contributed by atoms with Gasteiger partial charge in [-0.2, -0.15) is 0 Å². The number of methoxy groups -OCH3 is 1. The third-order valence-electron chi connectivity index (χ3n) is 6.22. The van der Waals surface area contributed by atoms with Gasteiger partial charge in [-0.05, 0) is 82.1 Å². The zero-order valence-corrected chi connectivity index (χ0v) is 23.6. The maximum Gasteiger partial charge on any atom is 0.249 e. The van der Waals surface area contributed by atoms with Crippen LogP contribution in [0.3, 0.4) is 0 Å². The van der Waals surface area contributed by atoms with Gasteiger partial charge in [0.05, 0.1) is 19.2 Å². The van der Waals surface area contributed by atoms with Gasteiger partial charge in [-0.25, -0.2) is 9.07 Å². The molecule has 3 aromatic carbocycles. The molecular weight excluding hydrogens is 513 g/mol. The number of amides is 2. The first-order chi connectivity index (χ1) is 19.0. The van der Waals surface area contributed by atoms with Crippen LogP contribution in [0.2, 0.25) is 0 Å².